The molecule has 1 atom stereocenters. The molecule has 1 aliphatic rings. The highest BCUT2D eigenvalue weighted by Gasteiger charge is 2.19. The van der Waals surface area contributed by atoms with E-state index in [1.54, 1.807) is 12.4 Å². The van der Waals surface area contributed by atoms with Gasteiger partial charge in [-0.15, -0.1) is 0 Å². The topological polar surface area (TPSA) is 81.2 Å². The van der Waals surface area contributed by atoms with E-state index in [9.17, 15) is 9.90 Å². The first-order valence-corrected chi connectivity index (χ1v) is 8.88. The van der Waals surface area contributed by atoms with Crippen LogP contribution < -0.4 is 5.32 Å². The molecule has 0 bridgehead atoms. The number of benzene rings is 2. The van der Waals surface area contributed by atoms with Crippen LogP contribution in [-0.2, 0) is 13.0 Å². The number of rotatable bonds is 5. The van der Waals surface area contributed by atoms with Crippen molar-refractivity contribution in [2.45, 2.75) is 19.1 Å². The first-order valence-electron chi connectivity index (χ1n) is 8.88. The Morgan fingerprint density at radius 2 is 2.08 bits per heavy atom. The lowest BCUT2D eigenvalue weighted by Gasteiger charge is -2.30. The lowest BCUT2D eigenvalue weighted by atomic mass is 10.00. The van der Waals surface area contributed by atoms with Crippen molar-refractivity contribution in [1.29, 1.82) is 0 Å². The summed E-state index contributed by atoms with van der Waals surface area (Å²) in [5.41, 5.74) is 4.69. The fourth-order valence-electron chi connectivity index (χ4n) is 3.53. The number of fused-ring (bicyclic) bond motifs is 2. The standard InChI is InChI=1S/C20H22N4O2/c25-16(12-24-9-8-14-4-1-2-5-15(14)11-24)10-21-20(26)17-6-3-7-18-19(17)23-13-22-18/h1-7,13,16,25H,8-12H2,(H,21,26)(H,22,23)/t16-/m0/s1. The zero-order valence-corrected chi connectivity index (χ0v) is 14.5. The Hall–Kier alpha value is -2.70. The van der Waals surface area contributed by atoms with Crippen molar-refractivity contribution >= 4 is 16.9 Å². The van der Waals surface area contributed by atoms with Gasteiger partial charge in [-0.3, -0.25) is 9.69 Å². The molecular weight excluding hydrogens is 328 g/mol. The molecule has 6 nitrogen and oxygen atoms in total. The normalized spacial score (nSPS) is 15.6. The van der Waals surface area contributed by atoms with Crippen molar-refractivity contribution in [1.82, 2.24) is 20.2 Å². The summed E-state index contributed by atoms with van der Waals surface area (Å²) in [4.78, 5) is 21.8. The summed E-state index contributed by atoms with van der Waals surface area (Å²) in [6.07, 6.45) is 1.96. The number of β-amino-alcohol motifs (C(OH)–C–C–N with tert-alkyl or cyclic N) is 1. The molecule has 0 spiro atoms. The number of amides is 1. The summed E-state index contributed by atoms with van der Waals surface area (Å²) >= 11 is 0. The van der Waals surface area contributed by atoms with Gasteiger partial charge in [-0.25, -0.2) is 4.98 Å². The number of carbonyl (C=O) groups excluding carboxylic acids is 1. The van der Waals surface area contributed by atoms with E-state index in [2.05, 4.69) is 44.5 Å². The van der Waals surface area contributed by atoms with Crippen LogP contribution >= 0.6 is 0 Å². The number of hydrogen-bond donors (Lipinski definition) is 3. The van der Waals surface area contributed by atoms with Crippen molar-refractivity contribution in [2.75, 3.05) is 19.6 Å². The highest BCUT2D eigenvalue weighted by molar-refractivity contribution is 6.04. The highest BCUT2D eigenvalue weighted by atomic mass is 16.3. The van der Waals surface area contributed by atoms with E-state index in [4.69, 9.17) is 0 Å². The third kappa shape index (κ3) is 3.47. The number of nitrogens with one attached hydrogen (secondary N) is 2. The summed E-state index contributed by atoms with van der Waals surface area (Å²) in [7, 11) is 0. The molecule has 2 heterocycles. The Balaban J connectivity index is 1.32. The summed E-state index contributed by atoms with van der Waals surface area (Å²) in [6, 6.07) is 13.9. The second-order valence-electron chi connectivity index (χ2n) is 6.72. The first-order chi connectivity index (χ1) is 12.7. The Morgan fingerprint density at radius 1 is 1.23 bits per heavy atom. The second-order valence-corrected chi connectivity index (χ2v) is 6.72. The van der Waals surface area contributed by atoms with Crippen LogP contribution in [-0.4, -0.2) is 51.6 Å². The monoisotopic (exact) mass is 350 g/mol. The maximum atomic E-state index is 12.4. The second kappa shape index (κ2) is 7.27. The van der Waals surface area contributed by atoms with Gasteiger partial charge in [-0.2, -0.15) is 0 Å². The van der Waals surface area contributed by atoms with Gasteiger partial charge in [-0.1, -0.05) is 30.3 Å². The van der Waals surface area contributed by atoms with Crippen molar-refractivity contribution < 1.29 is 9.90 Å². The van der Waals surface area contributed by atoms with Crippen molar-refractivity contribution in [3.8, 4) is 0 Å². The van der Waals surface area contributed by atoms with E-state index >= 15 is 0 Å². The minimum Gasteiger partial charge on any atom is -0.390 e. The number of carbonyl (C=O) groups is 1. The van der Waals surface area contributed by atoms with Crippen LogP contribution in [0, 0.1) is 0 Å². The molecule has 0 unspecified atom stereocenters. The van der Waals surface area contributed by atoms with E-state index in [0.29, 0.717) is 17.6 Å². The van der Waals surface area contributed by atoms with Gasteiger partial charge in [0.25, 0.3) is 5.91 Å². The van der Waals surface area contributed by atoms with Gasteiger partial charge in [-0.05, 0) is 29.7 Å². The van der Waals surface area contributed by atoms with Gasteiger partial charge >= 0.3 is 0 Å². The molecule has 2 aromatic carbocycles. The highest BCUT2D eigenvalue weighted by Crippen LogP contribution is 2.18. The van der Waals surface area contributed by atoms with E-state index in [-0.39, 0.29) is 12.5 Å². The number of aliphatic hydroxyl groups excluding tert-OH is 1. The number of aromatic nitrogens is 2. The average molecular weight is 350 g/mol. The summed E-state index contributed by atoms with van der Waals surface area (Å²) in [5.74, 6) is -0.217. The molecule has 0 aliphatic carbocycles. The molecule has 26 heavy (non-hydrogen) atoms. The number of hydrogen-bond acceptors (Lipinski definition) is 4. The molecule has 1 aromatic heterocycles. The number of H-pyrrole nitrogens is 1. The van der Waals surface area contributed by atoms with Gasteiger partial charge in [0.15, 0.2) is 0 Å². The maximum Gasteiger partial charge on any atom is 0.253 e. The fraction of sp³-hybridized carbons (Fsp3) is 0.300. The van der Waals surface area contributed by atoms with Crippen LogP contribution in [0.15, 0.2) is 48.8 Å². The molecule has 3 aromatic rings. The fourth-order valence-corrected chi connectivity index (χ4v) is 3.53. The Labute approximate surface area is 151 Å². The molecular formula is C20H22N4O2. The zero-order valence-electron chi connectivity index (χ0n) is 14.5. The van der Waals surface area contributed by atoms with E-state index in [0.717, 1.165) is 25.0 Å². The van der Waals surface area contributed by atoms with Crippen molar-refractivity contribution in [3.05, 3.63) is 65.5 Å². The molecule has 0 fully saturated rings. The van der Waals surface area contributed by atoms with Gasteiger partial charge in [0.2, 0.25) is 0 Å². The Morgan fingerprint density at radius 3 is 2.96 bits per heavy atom. The van der Waals surface area contributed by atoms with Gasteiger partial charge in [0.1, 0.15) is 5.52 Å². The van der Waals surface area contributed by atoms with Crippen molar-refractivity contribution in [3.63, 3.8) is 0 Å². The largest absolute Gasteiger partial charge is 0.390 e. The molecule has 1 amide bonds. The SMILES string of the molecule is O=C(NC[C@H](O)CN1CCc2ccccc2C1)c1cccc2[nH]cnc12. The first kappa shape index (κ1) is 16.8. The quantitative estimate of drug-likeness (QED) is 0.654. The molecule has 0 saturated carbocycles. The average Bonchev–Trinajstić information content (AvgIpc) is 3.15. The number of aliphatic hydroxyl groups is 1. The summed E-state index contributed by atoms with van der Waals surface area (Å²) in [5, 5.41) is 13.2. The van der Waals surface area contributed by atoms with Crippen LogP contribution in [0.2, 0.25) is 0 Å². The zero-order chi connectivity index (χ0) is 17.9. The molecule has 134 valence electrons. The lowest BCUT2D eigenvalue weighted by molar-refractivity contribution is 0.0843. The predicted molar refractivity (Wildman–Crippen MR) is 99.9 cm³/mol. The lowest BCUT2D eigenvalue weighted by Crippen LogP contribution is -2.42. The van der Waals surface area contributed by atoms with Crippen LogP contribution in [0.1, 0.15) is 21.5 Å². The molecule has 6 heteroatoms. The molecule has 0 radical (unpaired) electrons. The molecule has 3 N–H and O–H groups in total. The maximum absolute atomic E-state index is 12.4. The number of nitrogens with zero attached hydrogens (tertiary/aromatic N) is 2. The Bertz CT molecular complexity index is 921. The van der Waals surface area contributed by atoms with Crippen LogP contribution in [0.3, 0.4) is 0 Å². The van der Waals surface area contributed by atoms with E-state index in [1.165, 1.54) is 11.1 Å². The van der Waals surface area contributed by atoms with Gasteiger partial charge < -0.3 is 15.4 Å². The smallest absolute Gasteiger partial charge is 0.253 e. The number of imidazole rings is 1. The number of para-hydroxylation sites is 1. The molecule has 1 aliphatic heterocycles. The minimum absolute atomic E-state index is 0.217. The van der Waals surface area contributed by atoms with Crippen molar-refractivity contribution in [2.24, 2.45) is 0 Å². The molecule has 0 saturated heterocycles. The summed E-state index contributed by atoms with van der Waals surface area (Å²) in [6.45, 7) is 2.53. The van der Waals surface area contributed by atoms with Crippen LogP contribution in [0.25, 0.3) is 11.0 Å². The Kier molecular flexibility index (Phi) is 4.69. The van der Waals surface area contributed by atoms with Gasteiger partial charge in [0, 0.05) is 26.2 Å². The van der Waals surface area contributed by atoms with Crippen LogP contribution in [0.4, 0.5) is 0 Å². The van der Waals surface area contributed by atoms with E-state index < -0.39 is 6.10 Å². The summed E-state index contributed by atoms with van der Waals surface area (Å²) < 4.78 is 0. The predicted octanol–water partition coefficient (Wildman–Crippen LogP) is 1.71. The third-order valence-electron chi connectivity index (χ3n) is 4.87. The minimum atomic E-state index is -0.609. The number of aromatic amines is 1. The van der Waals surface area contributed by atoms with E-state index in [1.807, 2.05) is 12.1 Å². The molecule has 4 rings (SSSR count). The van der Waals surface area contributed by atoms with Crippen LogP contribution in [0.5, 0.6) is 0 Å². The van der Waals surface area contributed by atoms with Gasteiger partial charge in [0.05, 0.1) is 23.5 Å². The third-order valence-corrected chi connectivity index (χ3v) is 4.87.